The molecule has 1 saturated heterocycles. The highest BCUT2D eigenvalue weighted by Crippen LogP contribution is 2.40. The fraction of sp³-hybridized carbons (Fsp3) is 0.419. The van der Waals surface area contributed by atoms with Crippen molar-refractivity contribution >= 4 is 22.7 Å². The molecule has 1 aromatic heterocycles. The van der Waals surface area contributed by atoms with E-state index in [1.165, 1.54) is 12.0 Å². The Labute approximate surface area is 228 Å². The Morgan fingerprint density at radius 2 is 1.85 bits per heavy atom. The molecule has 1 amide bonds. The van der Waals surface area contributed by atoms with Crippen LogP contribution < -0.4 is 14.7 Å². The number of fused-ring (bicyclic) bond motifs is 1. The molecule has 1 unspecified atom stereocenters. The zero-order valence-corrected chi connectivity index (χ0v) is 23.0. The second kappa shape index (κ2) is 10.9. The van der Waals surface area contributed by atoms with E-state index >= 15 is 0 Å². The lowest BCUT2D eigenvalue weighted by Crippen LogP contribution is -3.14. The normalized spacial score (nSPS) is 18.8. The average molecular weight is 533 g/mol. The Bertz CT molecular complexity index is 1390. The van der Waals surface area contributed by atoms with Gasteiger partial charge >= 0.3 is 0 Å². The molecule has 2 aliphatic heterocycles. The van der Waals surface area contributed by atoms with Crippen LogP contribution in [0.5, 0.6) is 5.75 Å². The van der Waals surface area contributed by atoms with Crippen molar-refractivity contribution in [3.05, 3.63) is 76.8 Å². The SMILES string of the molecule is COc1cccc2cc(C(=O)C3=C([O-])C(=O)N(CCC[NH+]4CCOCC4)C3c3ccc(C(C)(C)C)cc3)oc12. The molecule has 2 aliphatic rings. The van der Waals surface area contributed by atoms with E-state index in [4.69, 9.17) is 13.9 Å². The third-order valence-corrected chi connectivity index (χ3v) is 7.70. The quantitative estimate of drug-likeness (QED) is 0.448. The Morgan fingerprint density at radius 1 is 1.13 bits per heavy atom. The predicted octanol–water partition coefficient (Wildman–Crippen LogP) is 2.42. The van der Waals surface area contributed by atoms with Gasteiger partial charge < -0.3 is 28.8 Å². The highest BCUT2D eigenvalue weighted by molar-refractivity contribution is 6.16. The van der Waals surface area contributed by atoms with Crippen LogP contribution >= 0.6 is 0 Å². The van der Waals surface area contributed by atoms with E-state index < -0.39 is 23.5 Å². The fourth-order valence-corrected chi connectivity index (χ4v) is 5.46. The molecule has 0 saturated carbocycles. The number of morpholine rings is 1. The summed E-state index contributed by atoms with van der Waals surface area (Å²) in [6.45, 7) is 10.9. The molecule has 0 aliphatic carbocycles. The number of nitrogens with zero attached hydrogens (tertiary/aromatic N) is 1. The summed E-state index contributed by atoms with van der Waals surface area (Å²) in [6.07, 6.45) is 0.717. The largest absolute Gasteiger partial charge is 0.868 e. The van der Waals surface area contributed by atoms with Gasteiger partial charge in [0.05, 0.1) is 32.9 Å². The first kappa shape index (κ1) is 27.0. The summed E-state index contributed by atoms with van der Waals surface area (Å²) in [4.78, 5) is 30.2. The lowest BCUT2D eigenvalue weighted by Gasteiger charge is -2.29. The summed E-state index contributed by atoms with van der Waals surface area (Å²) in [5.74, 6) is -1.48. The Kier molecular flexibility index (Phi) is 7.51. The van der Waals surface area contributed by atoms with Gasteiger partial charge in [-0.1, -0.05) is 57.2 Å². The summed E-state index contributed by atoms with van der Waals surface area (Å²) in [5, 5.41) is 14.1. The number of carbonyl (C=O) groups excluding carboxylic acids is 2. The van der Waals surface area contributed by atoms with Gasteiger partial charge in [-0.15, -0.1) is 0 Å². The van der Waals surface area contributed by atoms with Crippen molar-refractivity contribution in [1.29, 1.82) is 0 Å². The van der Waals surface area contributed by atoms with Gasteiger partial charge in [0.15, 0.2) is 17.1 Å². The lowest BCUT2D eigenvalue weighted by atomic mass is 9.85. The Balaban J connectivity index is 1.49. The van der Waals surface area contributed by atoms with Gasteiger partial charge in [-0.2, -0.15) is 0 Å². The molecule has 1 N–H and O–H groups in total. The number of ether oxygens (including phenoxy) is 2. The zero-order chi connectivity index (χ0) is 27.7. The second-order valence-corrected chi connectivity index (χ2v) is 11.3. The van der Waals surface area contributed by atoms with Crippen molar-refractivity contribution in [2.45, 2.75) is 38.6 Å². The number of furan rings is 1. The maximum Gasteiger partial charge on any atom is 0.239 e. The van der Waals surface area contributed by atoms with Crippen molar-refractivity contribution in [3.8, 4) is 5.75 Å². The monoisotopic (exact) mass is 532 g/mol. The topological polar surface area (TPSA) is 96.5 Å². The number of para-hydroxylation sites is 1. The minimum atomic E-state index is -0.777. The number of amides is 1. The number of benzene rings is 2. The minimum Gasteiger partial charge on any atom is -0.868 e. The van der Waals surface area contributed by atoms with Crippen LogP contribution in [-0.4, -0.2) is 63.1 Å². The molecule has 0 spiro atoms. The van der Waals surface area contributed by atoms with Gasteiger partial charge in [0.2, 0.25) is 11.7 Å². The molecule has 39 heavy (non-hydrogen) atoms. The molecule has 1 fully saturated rings. The molecule has 3 aromatic rings. The van der Waals surface area contributed by atoms with Crippen LogP contribution in [0, 0.1) is 0 Å². The summed E-state index contributed by atoms with van der Waals surface area (Å²) in [5.41, 5.74) is 2.16. The van der Waals surface area contributed by atoms with Gasteiger partial charge in [0.25, 0.3) is 0 Å². The average Bonchev–Trinajstić information content (AvgIpc) is 3.48. The molecular weight excluding hydrogens is 496 g/mol. The van der Waals surface area contributed by atoms with E-state index in [1.54, 1.807) is 23.1 Å². The smallest absolute Gasteiger partial charge is 0.239 e. The van der Waals surface area contributed by atoms with Gasteiger partial charge in [-0.25, -0.2) is 0 Å². The number of Topliss-reactive ketones (excluding diaryl/α,β-unsaturated/α-hetero) is 1. The van der Waals surface area contributed by atoms with Crippen molar-refractivity contribution in [2.75, 3.05) is 46.5 Å². The summed E-state index contributed by atoms with van der Waals surface area (Å²) in [7, 11) is 1.53. The van der Waals surface area contributed by atoms with Gasteiger partial charge in [-0.05, 0) is 34.4 Å². The molecule has 5 rings (SSSR count). The van der Waals surface area contributed by atoms with Gasteiger partial charge in [0, 0.05) is 23.9 Å². The second-order valence-electron chi connectivity index (χ2n) is 11.3. The number of methoxy groups -OCH3 is 1. The number of quaternary nitrogens is 1. The van der Waals surface area contributed by atoms with Crippen LogP contribution in [0.2, 0.25) is 0 Å². The van der Waals surface area contributed by atoms with Crippen LogP contribution in [0.25, 0.3) is 11.0 Å². The summed E-state index contributed by atoms with van der Waals surface area (Å²) in [6, 6.07) is 14.1. The number of carbonyl (C=O) groups is 2. The first-order chi connectivity index (χ1) is 18.7. The standard InChI is InChI=1S/C31H36N2O6/c1-31(2,3)22-11-9-20(10-12-22)26-25(27(34)24-19-21-7-5-8-23(37-4)29(21)39-24)28(35)30(36)33(26)14-6-13-32-15-17-38-18-16-32/h5,7-12,19,26,35H,6,13-18H2,1-4H3. The number of hydrogen-bond donors (Lipinski definition) is 1. The Hall–Kier alpha value is -3.62. The van der Waals surface area contributed by atoms with Crippen molar-refractivity contribution < 1.29 is 33.5 Å². The third-order valence-electron chi connectivity index (χ3n) is 7.70. The van der Waals surface area contributed by atoms with Crippen LogP contribution in [0.3, 0.4) is 0 Å². The molecule has 2 aromatic carbocycles. The molecule has 0 radical (unpaired) electrons. The zero-order valence-electron chi connectivity index (χ0n) is 23.0. The maximum absolute atomic E-state index is 13.9. The van der Waals surface area contributed by atoms with E-state index in [-0.39, 0.29) is 16.7 Å². The molecule has 206 valence electrons. The van der Waals surface area contributed by atoms with Crippen molar-refractivity contribution in [1.82, 2.24) is 4.90 Å². The first-order valence-electron chi connectivity index (χ1n) is 13.5. The predicted molar refractivity (Wildman–Crippen MR) is 145 cm³/mol. The summed E-state index contributed by atoms with van der Waals surface area (Å²) < 4.78 is 16.7. The molecule has 0 bridgehead atoms. The van der Waals surface area contributed by atoms with Crippen LogP contribution in [0.15, 0.2) is 64.3 Å². The van der Waals surface area contributed by atoms with E-state index in [1.807, 2.05) is 30.3 Å². The van der Waals surface area contributed by atoms with Crippen LogP contribution in [0.1, 0.15) is 54.9 Å². The number of nitrogens with one attached hydrogen (secondary N) is 1. The van der Waals surface area contributed by atoms with Gasteiger partial charge in [-0.3, -0.25) is 9.59 Å². The van der Waals surface area contributed by atoms with E-state index in [2.05, 4.69) is 20.8 Å². The van der Waals surface area contributed by atoms with Crippen molar-refractivity contribution in [3.63, 3.8) is 0 Å². The van der Waals surface area contributed by atoms with Crippen LogP contribution in [0.4, 0.5) is 0 Å². The highest BCUT2D eigenvalue weighted by Gasteiger charge is 2.40. The molecule has 8 nitrogen and oxygen atoms in total. The van der Waals surface area contributed by atoms with E-state index in [0.29, 0.717) is 29.7 Å². The number of hydrogen-bond acceptors (Lipinski definition) is 6. The molecule has 1 atom stereocenters. The lowest BCUT2D eigenvalue weighted by molar-refractivity contribution is -0.908. The minimum absolute atomic E-state index is 0.0153. The molecular formula is C31H36N2O6. The first-order valence-corrected chi connectivity index (χ1v) is 13.5. The highest BCUT2D eigenvalue weighted by atomic mass is 16.5. The maximum atomic E-state index is 13.9. The molecule has 3 heterocycles. The summed E-state index contributed by atoms with van der Waals surface area (Å²) >= 11 is 0. The number of rotatable bonds is 8. The molecule has 8 heteroatoms. The van der Waals surface area contributed by atoms with Crippen LogP contribution in [-0.2, 0) is 14.9 Å². The Morgan fingerprint density at radius 3 is 2.51 bits per heavy atom. The number of ketones is 1. The van der Waals surface area contributed by atoms with Crippen molar-refractivity contribution in [2.24, 2.45) is 0 Å². The van der Waals surface area contributed by atoms with E-state index in [0.717, 1.165) is 44.0 Å². The van der Waals surface area contributed by atoms with E-state index in [9.17, 15) is 14.7 Å². The third kappa shape index (κ3) is 5.31. The fourth-order valence-electron chi connectivity index (χ4n) is 5.46. The van der Waals surface area contributed by atoms with Gasteiger partial charge in [0.1, 0.15) is 13.1 Å².